The Morgan fingerprint density at radius 3 is 0.949 bits per heavy atom. The summed E-state index contributed by atoms with van der Waals surface area (Å²) in [5, 5.41) is 12.6. The summed E-state index contributed by atoms with van der Waals surface area (Å²) in [6.45, 7) is 9.28. The highest BCUT2D eigenvalue weighted by molar-refractivity contribution is 5.37. The molecule has 0 saturated carbocycles. The van der Waals surface area contributed by atoms with Crippen molar-refractivity contribution in [2.75, 3.05) is 0 Å². The number of allylic oxidation sites excluding steroid dienone is 2. The Morgan fingerprint density at radius 1 is 0.339 bits per heavy atom. The van der Waals surface area contributed by atoms with E-state index in [-0.39, 0.29) is 0 Å². The van der Waals surface area contributed by atoms with E-state index in [0.717, 1.165) is 6.42 Å². The highest BCUT2D eigenvalue weighted by Gasteiger charge is 2.38. The number of rotatable bonds is 48. The third-order valence-electron chi connectivity index (χ3n) is 14.4. The van der Waals surface area contributed by atoms with Crippen molar-refractivity contribution < 1.29 is 5.11 Å². The van der Waals surface area contributed by atoms with Crippen LogP contribution in [-0.2, 0) is 0 Å². The molecule has 0 bridgehead atoms. The zero-order valence-electron chi connectivity index (χ0n) is 41.6. The standard InChI is InChI=1S/C58H112O/c1-5-9-13-17-21-25-29-33-37-41-45-49-55-52-54-58(59,53-48-44-40-36-32-28-24-20-16-12-8-4)57(51-47-43-39-35-31-27-23-19-15-11-7-3)56(55)50-46-42-38-34-30-26-22-18-14-10-6-2/h52,54,57,59H,5-51,53H2,1-4H3. The van der Waals surface area contributed by atoms with Gasteiger partial charge in [-0.1, -0.05) is 315 Å². The Morgan fingerprint density at radius 2 is 0.610 bits per heavy atom. The Labute approximate surface area is 374 Å². The molecule has 1 aliphatic carbocycles. The molecule has 1 heteroatoms. The zero-order valence-corrected chi connectivity index (χ0v) is 41.6. The second-order valence-electron chi connectivity index (χ2n) is 20.1. The van der Waals surface area contributed by atoms with Crippen LogP contribution in [0, 0.1) is 5.92 Å². The van der Waals surface area contributed by atoms with E-state index in [4.69, 9.17) is 0 Å². The summed E-state index contributed by atoms with van der Waals surface area (Å²) in [6, 6.07) is 0. The van der Waals surface area contributed by atoms with Gasteiger partial charge in [0.15, 0.2) is 0 Å². The largest absolute Gasteiger partial charge is 0.385 e. The van der Waals surface area contributed by atoms with Gasteiger partial charge >= 0.3 is 0 Å². The fraction of sp³-hybridized carbons (Fsp3) is 0.931. The van der Waals surface area contributed by atoms with Crippen molar-refractivity contribution in [1.29, 1.82) is 0 Å². The maximum atomic E-state index is 12.6. The molecule has 0 amide bonds. The second-order valence-corrected chi connectivity index (χ2v) is 20.1. The molecule has 0 aromatic heterocycles. The van der Waals surface area contributed by atoms with Gasteiger partial charge in [0.1, 0.15) is 0 Å². The van der Waals surface area contributed by atoms with Crippen LogP contribution in [0.1, 0.15) is 336 Å². The molecule has 0 heterocycles. The summed E-state index contributed by atoms with van der Waals surface area (Å²) in [7, 11) is 0. The maximum absolute atomic E-state index is 12.6. The van der Waals surface area contributed by atoms with Crippen molar-refractivity contribution in [3.8, 4) is 0 Å². The van der Waals surface area contributed by atoms with E-state index in [1.54, 1.807) is 11.1 Å². The van der Waals surface area contributed by atoms with E-state index >= 15 is 0 Å². The summed E-state index contributed by atoms with van der Waals surface area (Å²) >= 11 is 0. The van der Waals surface area contributed by atoms with Gasteiger partial charge in [0, 0.05) is 5.92 Å². The number of hydrogen-bond acceptors (Lipinski definition) is 1. The molecule has 2 unspecified atom stereocenters. The minimum atomic E-state index is -0.633. The lowest BCUT2D eigenvalue weighted by molar-refractivity contribution is 0.0236. The lowest BCUT2D eigenvalue weighted by Gasteiger charge is -2.40. The molecule has 0 saturated heterocycles. The van der Waals surface area contributed by atoms with Gasteiger partial charge in [-0.05, 0) is 44.1 Å². The number of aliphatic hydroxyl groups is 1. The van der Waals surface area contributed by atoms with Gasteiger partial charge in [0.2, 0.25) is 0 Å². The van der Waals surface area contributed by atoms with Crippen LogP contribution < -0.4 is 0 Å². The highest BCUT2D eigenvalue weighted by Crippen LogP contribution is 2.43. The molecular formula is C58H112O. The predicted octanol–water partition coefficient (Wildman–Crippen LogP) is 21.0. The average Bonchev–Trinajstić information content (AvgIpc) is 3.24. The molecular weight excluding hydrogens is 713 g/mol. The number of unbranched alkanes of at least 4 members (excludes halogenated alkanes) is 40. The molecule has 350 valence electrons. The van der Waals surface area contributed by atoms with Gasteiger partial charge in [-0.3, -0.25) is 0 Å². The molecule has 0 fully saturated rings. The van der Waals surface area contributed by atoms with E-state index in [1.165, 1.54) is 302 Å². The monoisotopic (exact) mass is 825 g/mol. The minimum Gasteiger partial charge on any atom is -0.385 e. The second kappa shape index (κ2) is 44.1. The molecule has 0 radical (unpaired) electrons. The van der Waals surface area contributed by atoms with Crippen LogP contribution in [0.3, 0.4) is 0 Å². The quantitative estimate of drug-likeness (QED) is 0.0606. The summed E-state index contributed by atoms with van der Waals surface area (Å²) in [4.78, 5) is 0. The molecule has 0 aromatic rings. The molecule has 1 N–H and O–H groups in total. The number of hydrogen-bond donors (Lipinski definition) is 1. The Kier molecular flexibility index (Phi) is 42.2. The SMILES string of the molecule is CCCCCCCCCCCCCC1=C(CCCCCCCCCCCCC)C(CCCCCCCCCCCCC)C(O)(CCCCCCCCCCCCC)C=C1. The van der Waals surface area contributed by atoms with E-state index in [1.807, 2.05) is 0 Å². The van der Waals surface area contributed by atoms with Gasteiger partial charge in [-0.25, -0.2) is 0 Å². The third-order valence-corrected chi connectivity index (χ3v) is 14.4. The first-order valence-corrected chi connectivity index (χ1v) is 28.3. The van der Waals surface area contributed by atoms with Crippen molar-refractivity contribution in [2.24, 2.45) is 5.92 Å². The third kappa shape index (κ3) is 33.6. The van der Waals surface area contributed by atoms with Crippen LogP contribution in [0.25, 0.3) is 0 Å². The zero-order chi connectivity index (χ0) is 42.6. The molecule has 0 aliphatic heterocycles. The fourth-order valence-electron chi connectivity index (χ4n) is 10.3. The first-order valence-electron chi connectivity index (χ1n) is 28.3. The van der Waals surface area contributed by atoms with E-state index in [0.29, 0.717) is 5.92 Å². The summed E-state index contributed by atoms with van der Waals surface area (Å²) in [6.07, 6.45) is 70.9. The molecule has 0 aromatic carbocycles. The predicted molar refractivity (Wildman–Crippen MR) is 269 cm³/mol. The van der Waals surface area contributed by atoms with Crippen LogP contribution in [0.5, 0.6) is 0 Å². The van der Waals surface area contributed by atoms with Gasteiger partial charge in [-0.2, -0.15) is 0 Å². The van der Waals surface area contributed by atoms with Gasteiger partial charge < -0.3 is 5.11 Å². The van der Waals surface area contributed by atoms with Crippen LogP contribution in [-0.4, -0.2) is 10.7 Å². The first kappa shape index (κ1) is 56.5. The minimum absolute atomic E-state index is 0.347. The Hall–Kier alpha value is -0.560. The van der Waals surface area contributed by atoms with Gasteiger partial charge in [-0.15, -0.1) is 0 Å². The Balaban J connectivity index is 2.82. The van der Waals surface area contributed by atoms with Crippen LogP contribution in [0.4, 0.5) is 0 Å². The smallest absolute Gasteiger partial charge is 0.0896 e. The topological polar surface area (TPSA) is 20.2 Å². The summed E-state index contributed by atoms with van der Waals surface area (Å²) < 4.78 is 0. The van der Waals surface area contributed by atoms with Crippen molar-refractivity contribution in [2.45, 2.75) is 341 Å². The van der Waals surface area contributed by atoms with Crippen molar-refractivity contribution in [3.05, 3.63) is 23.3 Å². The molecule has 1 aliphatic rings. The summed E-state index contributed by atoms with van der Waals surface area (Å²) in [5.41, 5.74) is 2.71. The first-order chi connectivity index (χ1) is 29.1. The molecule has 59 heavy (non-hydrogen) atoms. The van der Waals surface area contributed by atoms with Gasteiger partial charge in [0.25, 0.3) is 0 Å². The molecule has 0 spiro atoms. The van der Waals surface area contributed by atoms with E-state index in [2.05, 4.69) is 39.8 Å². The summed E-state index contributed by atoms with van der Waals surface area (Å²) in [5.74, 6) is 0.347. The fourth-order valence-corrected chi connectivity index (χ4v) is 10.3. The van der Waals surface area contributed by atoms with Crippen LogP contribution >= 0.6 is 0 Å². The molecule has 2 atom stereocenters. The Bertz CT molecular complexity index is 899. The van der Waals surface area contributed by atoms with Gasteiger partial charge in [0.05, 0.1) is 5.60 Å². The van der Waals surface area contributed by atoms with Crippen molar-refractivity contribution in [1.82, 2.24) is 0 Å². The average molecular weight is 826 g/mol. The normalized spacial score (nSPS) is 16.9. The van der Waals surface area contributed by atoms with E-state index < -0.39 is 5.60 Å². The van der Waals surface area contributed by atoms with Crippen molar-refractivity contribution in [3.63, 3.8) is 0 Å². The van der Waals surface area contributed by atoms with Crippen LogP contribution in [0.15, 0.2) is 23.3 Å². The lowest BCUT2D eigenvalue weighted by Crippen LogP contribution is -2.39. The lowest BCUT2D eigenvalue weighted by atomic mass is 9.69. The molecule has 1 rings (SSSR count). The van der Waals surface area contributed by atoms with Crippen LogP contribution in [0.2, 0.25) is 0 Å². The highest BCUT2D eigenvalue weighted by atomic mass is 16.3. The van der Waals surface area contributed by atoms with E-state index in [9.17, 15) is 5.11 Å². The van der Waals surface area contributed by atoms with Crippen molar-refractivity contribution >= 4 is 0 Å². The maximum Gasteiger partial charge on any atom is 0.0896 e. The molecule has 1 nitrogen and oxygen atoms in total.